The first-order valence-electron chi connectivity index (χ1n) is 6.54. The number of methoxy groups -OCH3 is 1. The minimum absolute atomic E-state index is 0.394. The summed E-state index contributed by atoms with van der Waals surface area (Å²) in [7, 11) is 1.66. The first kappa shape index (κ1) is 12.0. The van der Waals surface area contributed by atoms with E-state index in [0.29, 0.717) is 0 Å². The van der Waals surface area contributed by atoms with Gasteiger partial charge in [0.25, 0.3) is 0 Å². The molecule has 0 spiro atoms. The molecule has 1 fully saturated rings. The predicted octanol–water partition coefficient (Wildman–Crippen LogP) is 3.28. The van der Waals surface area contributed by atoms with Crippen LogP contribution in [0.2, 0.25) is 0 Å². The molecule has 0 unspecified atom stereocenters. The monoisotopic (exact) mass is 256 g/mol. The van der Waals surface area contributed by atoms with E-state index in [4.69, 9.17) is 4.74 Å². The highest BCUT2D eigenvalue weighted by atomic mass is 16.5. The second-order valence-corrected chi connectivity index (χ2v) is 5.02. The van der Waals surface area contributed by atoms with Crippen molar-refractivity contribution in [3.8, 4) is 5.75 Å². The molecular formula is C15H16N2O2. The molecule has 4 nitrogen and oxygen atoms in total. The lowest BCUT2D eigenvalue weighted by atomic mass is 9.86. The van der Waals surface area contributed by atoms with E-state index < -0.39 is 5.54 Å². The minimum Gasteiger partial charge on any atom is -0.495 e. The summed E-state index contributed by atoms with van der Waals surface area (Å²) < 4.78 is 5.36. The standard InChI is InChI=1S/C15H16N2O2/c1-19-13-5-4-12(11-6-9-16-14(11)13)15(17-10-18)7-2-3-8-15/h4-6,9,16H,2-3,7-8H2,1H3. The van der Waals surface area contributed by atoms with Gasteiger partial charge in [0, 0.05) is 11.6 Å². The van der Waals surface area contributed by atoms with Crippen molar-refractivity contribution in [2.24, 2.45) is 4.99 Å². The van der Waals surface area contributed by atoms with Gasteiger partial charge in [0.1, 0.15) is 5.75 Å². The fourth-order valence-electron chi connectivity index (χ4n) is 3.19. The lowest BCUT2D eigenvalue weighted by Crippen LogP contribution is -2.19. The summed E-state index contributed by atoms with van der Waals surface area (Å²) >= 11 is 0. The number of isocyanates is 1. The quantitative estimate of drug-likeness (QED) is 0.676. The van der Waals surface area contributed by atoms with Gasteiger partial charge in [-0.2, -0.15) is 4.99 Å². The Kier molecular flexibility index (Phi) is 2.88. The third-order valence-corrected chi connectivity index (χ3v) is 4.10. The summed E-state index contributed by atoms with van der Waals surface area (Å²) in [6.07, 6.45) is 7.68. The van der Waals surface area contributed by atoms with E-state index in [9.17, 15) is 4.79 Å². The first-order chi connectivity index (χ1) is 9.30. The Labute approximate surface area is 111 Å². The summed E-state index contributed by atoms with van der Waals surface area (Å²) in [4.78, 5) is 18.2. The van der Waals surface area contributed by atoms with Crippen molar-refractivity contribution < 1.29 is 9.53 Å². The third-order valence-electron chi connectivity index (χ3n) is 4.10. The summed E-state index contributed by atoms with van der Waals surface area (Å²) in [5.41, 5.74) is 1.67. The SMILES string of the molecule is COc1ccc(C2(N=C=O)CCCC2)c2cc[nH]c12. The molecule has 1 aliphatic carbocycles. The second-order valence-electron chi connectivity index (χ2n) is 5.02. The van der Waals surface area contributed by atoms with Gasteiger partial charge in [0.05, 0.1) is 18.2 Å². The van der Waals surface area contributed by atoms with Crippen LogP contribution in [0.1, 0.15) is 31.2 Å². The number of benzene rings is 1. The molecule has 1 aromatic carbocycles. The number of ether oxygens (including phenoxy) is 1. The maximum Gasteiger partial charge on any atom is 0.235 e. The molecular weight excluding hydrogens is 240 g/mol. The van der Waals surface area contributed by atoms with Crippen LogP contribution in [0.4, 0.5) is 0 Å². The Hall–Kier alpha value is -2.06. The van der Waals surface area contributed by atoms with Crippen LogP contribution in [0.3, 0.4) is 0 Å². The van der Waals surface area contributed by atoms with Gasteiger partial charge < -0.3 is 9.72 Å². The molecule has 1 aliphatic rings. The number of aromatic amines is 1. The van der Waals surface area contributed by atoms with Crippen molar-refractivity contribution in [2.75, 3.05) is 7.11 Å². The van der Waals surface area contributed by atoms with Gasteiger partial charge in [-0.1, -0.05) is 18.9 Å². The molecule has 98 valence electrons. The van der Waals surface area contributed by atoms with E-state index in [1.165, 1.54) is 0 Å². The van der Waals surface area contributed by atoms with Gasteiger partial charge in [-0.3, -0.25) is 0 Å². The van der Waals surface area contributed by atoms with E-state index in [1.807, 2.05) is 24.4 Å². The molecule has 0 aliphatic heterocycles. The van der Waals surface area contributed by atoms with Crippen LogP contribution < -0.4 is 4.74 Å². The highest BCUT2D eigenvalue weighted by molar-refractivity contribution is 5.89. The largest absolute Gasteiger partial charge is 0.495 e. The van der Waals surface area contributed by atoms with Crippen molar-refractivity contribution >= 4 is 17.0 Å². The molecule has 0 saturated heterocycles. The molecule has 0 radical (unpaired) electrons. The number of fused-ring (bicyclic) bond motifs is 1. The van der Waals surface area contributed by atoms with Crippen LogP contribution in [0.25, 0.3) is 10.9 Å². The number of rotatable bonds is 3. The molecule has 1 aromatic heterocycles. The number of H-pyrrole nitrogens is 1. The van der Waals surface area contributed by atoms with E-state index in [1.54, 1.807) is 13.2 Å². The lowest BCUT2D eigenvalue weighted by Gasteiger charge is -2.24. The molecule has 1 saturated carbocycles. The minimum atomic E-state index is -0.394. The number of nitrogens with zero attached hydrogens (tertiary/aromatic N) is 1. The average molecular weight is 256 g/mol. The van der Waals surface area contributed by atoms with Gasteiger partial charge in [-0.15, -0.1) is 0 Å². The van der Waals surface area contributed by atoms with Gasteiger partial charge in [0.15, 0.2) is 0 Å². The number of aliphatic imine (C=N–C) groups is 1. The summed E-state index contributed by atoms with van der Waals surface area (Å²) in [6.45, 7) is 0. The zero-order valence-electron chi connectivity index (χ0n) is 10.9. The topological polar surface area (TPSA) is 54.4 Å². The summed E-state index contributed by atoms with van der Waals surface area (Å²) in [5.74, 6) is 0.812. The molecule has 1 heterocycles. The van der Waals surface area contributed by atoms with Crippen molar-refractivity contribution in [1.29, 1.82) is 0 Å². The van der Waals surface area contributed by atoms with Crippen LogP contribution in [0.5, 0.6) is 5.75 Å². The molecule has 4 heteroatoms. The Morgan fingerprint density at radius 3 is 2.79 bits per heavy atom. The van der Waals surface area contributed by atoms with Gasteiger partial charge >= 0.3 is 0 Å². The molecule has 19 heavy (non-hydrogen) atoms. The lowest BCUT2D eigenvalue weighted by molar-refractivity contribution is 0.417. The highest BCUT2D eigenvalue weighted by Gasteiger charge is 2.37. The summed E-state index contributed by atoms with van der Waals surface area (Å²) in [5, 5.41) is 1.08. The molecule has 1 N–H and O–H groups in total. The van der Waals surface area contributed by atoms with E-state index in [0.717, 1.165) is 47.9 Å². The van der Waals surface area contributed by atoms with Crippen LogP contribution in [-0.4, -0.2) is 18.2 Å². The maximum absolute atomic E-state index is 10.8. The second kappa shape index (κ2) is 4.56. The molecule has 0 amide bonds. The Morgan fingerprint density at radius 1 is 1.32 bits per heavy atom. The molecule has 2 aromatic rings. The highest BCUT2D eigenvalue weighted by Crippen LogP contribution is 2.45. The Morgan fingerprint density at radius 2 is 2.11 bits per heavy atom. The van der Waals surface area contributed by atoms with Gasteiger partial charge in [-0.25, -0.2) is 4.79 Å². The zero-order chi connectivity index (χ0) is 13.3. The van der Waals surface area contributed by atoms with Crippen molar-refractivity contribution in [3.63, 3.8) is 0 Å². The molecule has 3 rings (SSSR count). The normalized spacial score (nSPS) is 17.3. The van der Waals surface area contributed by atoms with E-state index in [-0.39, 0.29) is 0 Å². The van der Waals surface area contributed by atoms with Gasteiger partial charge in [-0.05, 0) is 30.5 Å². The third kappa shape index (κ3) is 1.76. The van der Waals surface area contributed by atoms with Crippen LogP contribution in [-0.2, 0) is 10.3 Å². The number of carbonyl (C=O) groups excluding carboxylic acids is 1. The molecule has 0 bridgehead atoms. The van der Waals surface area contributed by atoms with Crippen molar-refractivity contribution in [1.82, 2.24) is 4.98 Å². The van der Waals surface area contributed by atoms with E-state index >= 15 is 0 Å². The van der Waals surface area contributed by atoms with Crippen LogP contribution in [0.15, 0.2) is 29.4 Å². The van der Waals surface area contributed by atoms with Crippen molar-refractivity contribution in [3.05, 3.63) is 30.0 Å². The van der Waals surface area contributed by atoms with Crippen molar-refractivity contribution in [2.45, 2.75) is 31.2 Å². The first-order valence-corrected chi connectivity index (χ1v) is 6.54. The Balaban J connectivity index is 2.25. The average Bonchev–Trinajstić information content (AvgIpc) is 3.07. The van der Waals surface area contributed by atoms with Crippen LogP contribution in [0, 0.1) is 0 Å². The summed E-state index contributed by atoms with van der Waals surface area (Å²) in [6, 6.07) is 5.99. The predicted molar refractivity (Wildman–Crippen MR) is 73.1 cm³/mol. The number of aromatic nitrogens is 1. The number of hydrogen-bond donors (Lipinski definition) is 1. The molecule has 0 atom stereocenters. The van der Waals surface area contributed by atoms with Crippen LogP contribution >= 0.6 is 0 Å². The van der Waals surface area contributed by atoms with Gasteiger partial charge in [0.2, 0.25) is 6.08 Å². The zero-order valence-corrected chi connectivity index (χ0v) is 10.9. The van der Waals surface area contributed by atoms with E-state index in [2.05, 4.69) is 9.98 Å². The Bertz CT molecular complexity index is 647. The number of hydrogen-bond acceptors (Lipinski definition) is 3. The maximum atomic E-state index is 10.8. The number of nitrogens with one attached hydrogen (secondary N) is 1. The fraction of sp³-hybridized carbons (Fsp3) is 0.400. The fourth-order valence-corrected chi connectivity index (χ4v) is 3.19. The smallest absolute Gasteiger partial charge is 0.235 e.